The zero-order chi connectivity index (χ0) is 17.1. The van der Waals surface area contributed by atoms with Crippen molar-refractivity contribution in [2.75, 3.05) is 16.6 Å². The Kier molecular flexibility index (Phi) is 4.48. The zero-order valence-electron chi connectivity index (χ0n) is 13.3. The van der Waals surface area contributed by atoms with Crippen LogP contribution in [0, 0.1) is 0 Å². The van der Waals surface area contributed by atoms with Crippen LogP contribution in [0.3, 0.4) is 0 Å². The van der Waals surface area contributed by atoms with Crippen LogP contribution < -0.4 is 14.7 Å². The zero-order valence-corrected chi connectivity index (χ0v) is 13.3. The second-order valence-electron chi connectivity index (χ2n) is 5.39. The number of imide groups is 1. The number of para-hydroxylation sites is 1. The van der Waals surface area contributed by atoms with Crippen molar-refractivity contribution in [2.24, 2.45) is 0 Å². The van der Waals surface area contributed by atoms with E-state index in [4.69, 9.17) is 4.74 Å². The van der Waals surface area contributed by atoms with Gasteiger partial charge in [-0.15, -0.1) is 0 Å². The Morgan fingerprint density at radius 3 is 2.42 bits per heavy atom. The van der Waals surface area contributed by atoms with E-state index in [2.05, 4.69) is 0 Å². The molecule has 1 atom stereocenters. The van der Waals surface area contributed by atoms with Crippen LogP contribution in [-0.4, -0.2) is 29.7 Å². The molecular weight excluding hydrogens is 308 g/mol. The summed E-state index contributed by atoms with van der Waals surface area (Å²) in [6, 6.07) is 14.5. The van der Waals surface area contributed by atoms with Crippen LogP contribution in [0.25, 0.3) is 0 Å². The normalized spacial score (nSPS) is 17.2. The lowest BCUT2D eigenvalue weighted by atomic mass is 10.2. The molecule has 2 aromatic rings. The van der Waals surface area contributed by atoms with Gasteiger partial charge in [-0.3, -0.25) is 14.8 Å². The van der Waals surface area contributed by atoms with Crippen LogP contribution in [0.4, 0.5) is 11.4 Å². The van der Waals surface area contributed by atoms with E-state index < -0.39 is 11.9 Å². The maximum Gasteiger partial charge on any atom is 0.259 e. The second kappa shape index (κ2) is 6.72. The lowest BCUT2D eigenvalue weighted by molar-refractivity contribution is -0.121. The molecule has 0 saturated carbocycles. The molecule has 0 bridgehead atoms. The molecule has 6 heteroatoms. The van der Waals surface area contributed by atoms with Gasteiger partial charge in [0.15, 0.2) is 0 Å². The molecule has 1 aliphatic rings. The minimum absolute atomic E-state index is 0.0720. The van der Waals surface area contributed by atoms with Gasteiger partial charge in [-0.1, -0.05) is 18.2 Å². The minimum atomic E-state index is -0.925. The molecule has 0 unspecified atom stereocenters. The number of hydrogen-bond acceptors (Lipinski definition) is 5. The maximum absolute atomic E-state index is 12.6. The van der Waals surface area contributed by atoms with Gasteiger partial charge in [0.1, 0.15) is 11.8 Å². The van der Waals surface area contributed by atoms with Crippen molar-refractivity contribution in [1.82, 2.24) is 0 Å². The molecule has 1 N–H and O–H groups in total. The summed E-state index contributed by atoms with van der Waals surface area (Å²) in [6.45, 7) is 2.42. The van der Waals surface area contributed by atoms with Crippen LogP contribution in [0.1, 0.15) is 13.3 Å². The number of benzene rings is 2. The van der Waals surface area contributed by atoms with E-state index in [0.717, 1.165) is 9.96 Å². The highest BCUT2D eigenvalue weighted by atomic mass is 16.5. The number of amides is 2. The monoisotopic (exact) mass is 326 g/mol. The van der Waals surface area contributed by atoms with Crippen molar-refractivity contribution in [3.63, 3.8) is 0 Å². The molecule has 24 heavy (non-hydrogen) atoms. The Labute approximate surface area is 139 Å². The Morgan fingerprint density at radius 2 is 1.79 bits per heavy atom. The van der Waals surface area contributed by atoms with Gasteiger partial charge in [-0.2, -0.15) is 0 Å². The van der Waals surface area contributed by atoms with Crippen LogP contribution in [0.15, 0.2) is 54.6 Å². The van der Waals surface area contributed by atoms with E-state index >= 15 is 0 Å². The fraction of sp³-hybridized carbons (Fsp3) is 0.222. The van der Waals surface area contributed by atoms with Crippen molar-refractivity contribution in [1.29, 1.82) is 0 Å². The maximum atomic E-state index is 12.6. The van der Waals surface area contributed by atoms with Gasteiger partial charge in [0.2, 0.25) is 5.91 Å². The summed E-state index contributed by atoms with van der Waals surface area (Å²) in [5.74, 6) is -0.121. The lowest BCUT2D eigenvalue weighted by Gasteiger charge is -2.22. The molecule has 2 amide bonds. The van der Waals surface area contributed by atoms with E-state index in [1.807, 2.05) is 13.0 Å². The highest BCUT2D eigenvalue weighted by Gasteiger charge is 2.43. The number of hydrogen-bond donors (Lipinski definition) is 1. The molecule has 3 rings (SSSR count). The van der Waals surface area contributed by atoms with Crippen molar-refractivity contribution in [2.45, 2.75) is 19.4 Å². The summed E-state index contributed by atoms with van der Waals surface area (Å²) in [5, 5.41) is 11.2. The highest BCUT2D eigenvalue weighted by molar-refractivity contribution is 6.23. The molecule has 1 aliphatic heterocycles. The van der Waals surface area contributed by atoms with E-state index in [1.165, 1.54) is 0 Å². The summed E-state index contributed by atoms with van der Waals surface area (Å²) < 4.78 is 5.36. The quantitative estimate of drug-likeness (QED) is 0.675. The number of hydroxylamine groups is 1. The van der Waals surface area contributed by atoms with Crippen molar-refractivity contribution in [3.05, 3.63) is 54.6 Å². The van der Waals surface area contributed by atoms with Crippen molar-refractivity contribution >= 4 is 23.2 Å². The number of carbonyl (C=O) groups is 2. The smallest absolute Gasteiger partial charge is 0.259 e. The van der Waals surface area contributed by atoms with E-state index in [0.29, 0.717) is 23.7 Å². The average molecular weight is 326 g/mol. The van der Waals surface area contributed by atoms with E-state index in [1.54, 1.807) is 48.5 Å². The minimum Gasteiger partial charge on any atom is -0.494 e. The van der Waals surface area contributed by atoms with Gasteiger partial charge in [0, 0.05) is 0 Å². The number of anilines is 2. The molecule has 6 nitrogen and oxygen atoms in total. The predicted molar refractivity (Wildman–Crippen MR) is 89.2 cm³/mol. The van der Waals surface area contributed by atoms with Gasteiger partial charge < -0.3 is 4.74 Å². The molecular formula is C18H18N2O4. The first-order valence-corrected chi connectivity index (χ1v) is 7.74. The third-order valence-corrected chi connectivity index (χ3v) is 3.84. The summed E-state index contributed by atoms with van der Waals surface area (Å²) >= 11 is 0. The molecule has 0 aromatic heterocycles. The van der Waals surface area contributed by atoms with Crippen LogP contribution in [0.5, 0.6) is 5.75 Å². The van der Waals surface area contributed by atoms with Gasteiger partial charge in [-0.05, 0) is 43.3 Å². The molecule has 124 valence electrons. The molecule has 0 aliphatic carbocycles. The highest BCUT2D eigenvalue weighted by Crippen LogP contribution is 2.28. The molecule has 0 spiro atoms. The fourth-order valence-corrected chi connectivity index (χ4v) is 2.70. The Bertz CT molecular complexity index is 730. The van der Waals surface area contributed by atoms with Crippen molar-refractivity contribution < 1.29 is 19.5 Å². The third kappa shape index (κ3) is 2.96. The van der Waals surface area contributed by atoms with Gasteiger partial charge in [0.25, 0.3) is 5.91 Å². The van der Waals surface area contributed by atoms with Crippen molar-refractivity contribution in [3.8, 4) is 5.75 Å². The standard InChI is InChI=1S/C18H18N2O4/c1-2-24-15-10-8-13(9-11-15)19-17(21)12-16(18(19)22)20(23)14-6-4-3-5-7-14/h3-11,16,23H,2,12H2,1H3/t16-/m1/s1. The number of rotatable bonds is 5. The summed E-state index contributed by atoms with van der Waals surface area (Å²) in [7, 11) is 0. The van der Waals surface area contributed by atoms with Gasteiger partial charge >= 0.3 is 0 Å². The van der Waals surface area contributed by atoms with Crippen LogP contribution in [0.2, 0.25) is 0 Å². The number of ether oxygens (including phenoxy) is 1. The molecule has 1 saturated heterocycles. The summed E-state index contributed by atoms with van der Waals surface area (Å²) in [5.41, 5.74) is 0.939. The molecule has 2 aromatic carbocycles. The summed E-state index contributed by atoms with van der Waals surface area (Å²) in [4.78, 5) is 26.0. The first-order valence-electron chi connectivity index (χ1n) is 7.74. The number of nitrogens with zero attached hydrogens (tertiary/aromatic N) is 2. The lowest BCUT2D eigenvalue weighted by Crippen LogP contribution is -2.40. The first kappa shape index (κ1) is 16.0. The van der Waals surface area contributed by atoms with Gasteiger partial charge in [0.05, 0.1) is 24.4 Å². The largest absolute Gasteiger partial charge is 0.494 e. The topological polar surface area (TPSA) is 70.1 Å². The summed E-state index contributed by atoms with van der Waals surface area (Å²) in [6.07, 6.45) is -0.0720. The molecule has 1 heterocycles. The van der Waals surface area contributed by atoms with E-state index in [9.17, 15) is 14.8 Å². The third-order valence-electron chi connectivity index (χ3n) is 3.84. The Hall–Kier alpha value is -2.86. The van der Waals surface area contributed by atoms with E-state index in [-0.39, 0.29) is 12.3 Å². The molecule has 1 fully saturated rings. The van der Waals surface area contributed by atoms with Crippen LogP contribution >= 0.6 is 0 Å². The second-order valence-corrected chi connectivity index (χ2v) is 5.39. The fourth-order valence-electron chi connectivity index (χ4n) is 2.70. The Balaban J connectivity index is 1.81. The van der Waals surface area contributed by atoms with Crippen LogP contribution in [-0.2, 0) is 9.59 Å². The predicted octanol–water partition coefficient (Wildman–Crippen LogP) is 2.61. The Morgan fingerprint density at radius 1 is 1.12 bits per heavy atom. The SMILES string of the molecule is CCOc1ccc(N2C(=O)C[C@@H](N(O)c3ccccc3)C2=O)cc1. The number of carbonyl (C=O) groups excluding carboxylic acids is 2. The molecule has 0 radical (unpaired) electrons. The first-order chi connectivity index (χ1) is 11.6. The van der Waals surface area contributed by atoms with Gasteiger partial charge in [-0.25, -0.2) is 9.96 Å². The average Bonchev–Trinajstić information content (AvgIpc) is 2.91.